The number of carbonyl (C=O) groups excluding carboxylic acids is 1. The first kappa shape index (κ1) is 17.9. The van der Waals surface area contributed by atoms with Crippen LogP contribution in [0.4, 0.5) is 0 Å². The molecule has 4 aromatic rings. The number of nitrogens with zero attached hydrogens (tertiary/aromatic N) is 2. The number of carbonyl (C=O) groups is 1. The van der Waals surface area contributed by atoms with E-state index in [1.54, 1.807) is 42.6 Å². The maximum atomic E-state index is 13.1. The molecule has 2 heterocycles. The van der Waals surface area contributed by atoms with Gasteiger partial charge in [-0.15, -0.1) is 0 Å². The van der Waals surface area contributed by atoms with Gasteiger partial charge in [0, 0.05) is 24.0 Å². The molecule has 0 bridgehead atoms. The summed E-state index contributed by atoms with van der Waals surface area (Å²) in [6, 6.07) is 20.5. The molecule has 0 N–H and O–H groups in total. The van der Waals surface area contributed by atoms with E-state index in [2.05, 4.69) is 18.0 Å². The zero-order valence-electron chi connectivity index (χ0n) is 15.8. The Kier molecular flexibility index (Phi) is 4.62. The Morgan fingerprint density at radius 2 is 1.64 bits per heavy atom. The van der Waals surface area contributed by atoms with E-state index in [0.717, 1.165) is 16.8 Å². The predicted molar refractivity (Wildman–Crippen MR) is 111 cm³/mol. The van der Waals surface area contributed by atoms with Crippen LogP contribution < -0.4 is 5.43 Å². The van der Waals surface area contributed by atoms with Crippen molar-refractivity contribution in [1.82, 2.24) is 9.55 Å². The number of benzene rings is 2. The van der Waals surface area contributed by atoms with E-state index in [0.29, 0.717) is 23.1 Å². The Labute approximate surface area is 163 Å². The molecule has 0 atom stereocenters. The van der Waals surface area contributed by atoms with Crippen LogP contribution in [0.1, 0.15) is 32.7 Å². The lowest BCUT2D eigenvalue weighted by atomic mass is 10.0. The predicted octanol–water partition coefficient (Wildman–Crippen LogP) is 4.29. The largest absolute Gasteiger partial charge is 0.327 e. The number of ketones is 1. The van der Waals surface area contributed by atoms with Crippen molar-refractivity contribution in [2.75, 3.05) is 0 Å². The summed E-state index contributed by atoms with van der Waals surface area (Å²) >= 11 is 0. The van der Waals surface area contributed by atoms with Crippen LogP contribution in [0.2, 0.25) is 0 Å². The standard InChI is InChI=1S/C24H20N2O2/c1-16-8-6-7-11-19(16)14-26-15-21(22(27)18-9-4-3-5-10-18)23(28)20-13-12-17(2)25-24(20)26/h3-13,15H,14H2,1-2H3. The fourth-order valence-corrected chi connectivity index (χ4v) is 3.36. The van der Waals surface area contributed by atoms with Gasteiger partial charge in [0.15, 0.2) is 5.78 Å². The van der Waals surface area contributed by atoms with Crippen LogP contribution in [-0.2, 0) is 6.54 Å². The van der Waals surface area contributed by atoms with E-state index in [4.69, 9.17) is 0 Å². The minimum absolute atomic E-state index is 0.165. The lowest BCUT2D eigenvalue weighted by Crippen LogP contribution is -2.21. The number of hydrogen-bond acceptors (Lipinski definition) is 3. The maximum Gasteiger partial charge on any atom is 0.202 e. The molecule has 0 saturated carbocycles. The second-order valence-electron chi connectivity index (χ2n) is 6.95. The van der Waals surface area contributed by atoms with Gasteiger partial charge in [-0.25, -0.2) is 4.98 Å². The molecular formula is C24H20N2O2. The van der Waals surface area contributed by atoms with Crippen molar-refractivity contribution in [2.45, 2.75) is 20.4 Å². The molecule has 4 nitrogen and oxygen atoms in total. The first-order valence-electron chi connectivity index (χ1n) is 9.19. The molecule has 0 unspecified atom stereocenters. The molecule has 2 aromatic heterocycles. The van der Waals surface area contributed by atoms with E-state index >= 15 is 0 Å². The quantitative estimate of drug-likeness (QED) is 0.505. The smallest absolute Gasteiger partial charge is 0.202 e. The number of pyridine rings is 2. The van der Waals surface area contributed by atoms with Crippen LogP contribution in [0.3, 0.4) is 0 Å². The molecule has 0 radical (unpaired) electrons. The van der Waals surface area contributed by atoms with Crippen LogP contribution in [0.25, 0.3) is 11.0 Å². The van der Waals surface area contributed by atoms with Crippen LogP contribution >= 0.6 is 0 Å². The Balaban J connectivity index is 1.94. The summed E-state index contributed by atoms with van der Waals surface area (Å²) in [5, 5.41) is 0.459. The second-order valence-corrected chi connectivity index (χ2v) is 6.95. The van der Waals surface area contributed by atoms with Crippen molar-refractivity contribution in [1.29, 1.82) is 0 Å². The molecule has 138 valence electrons. The first-order valence-corrected chi connectivity index (χ1v) is 9.19. The molecule has 0 aliphatic carbocycles. The summed E-state index contributed by atoms with van der Waals surface area (Å²) in [6.45, 7) is 4.48. The van der Waals surface area contributed by atoms with Gasteiger partial charge in [0.25, 0.3) is 0 Å². The van der Waals surface area contributed by atoms with Gasteiger partial charge >= 0.3 is 0 Å². The molecule has 0 aliphatic rings. The molecular weight excluding hydrogens is 348 g/mol. The Morgan fingerprint density at radius 1 is 0.929 bits per heavy atom. The fourth-order valence-electron chi connectivity index (χ4n) is 3.36. The summed E-state index contributed by atoms with van der Waals surface area (Å²) in [6.07, 6.45) is 1.65. The Bertz CT molecular complexity index is 1240. The van der Waals surface area contributed by atoms with Gasteiger partial charge < -0.3 is 4.57 Å². The average Bonchev–Trinajstić information content (AvgIpc) is 2.71. The van der Waals surface area contributed by atoms with Gasteiger partial charge in [-0.1, -0.05) is 54.6 Å². The summed E-state index contributed by atoms with van der Waals surface area (Å²) in [4.78, 5) is 30.7. The second kappa shape index (κ2) is 7.24. The number of aryl methyl sites for hydroxylation is 2. The molecule has 4 heteroatoms. The molecule has 2 aromatic carbocycles. The normalized spacial score (nSPS) is 10.9. The third-order valence-electron chi connectivity index (χ3n) is 4.94. The van der Waals surface area contributed by atoms with Crippen molar-refractivity contribution in [2.24, 2.45) is 0 Å². The van der Waals surface area contributed by atoms with Gasteiger partial charge in [0.2, 0.25) is 5.43 Å². The van der Waals surface area contributed by atoms with Crippen molar-refractivity contribution in [3.63, 3.8) is 0 Å². The van der Waals surface area contributed by atoms with Gasteiger partial charge in [-0.3, -0.25) is 9.59 Å². The van der Waals surface area contributed by atoms with E-state index in [1.807, 2.05) is 35.8 Å². The molecule has 0 amide bonds. The van der Waals surface area contributed by atoms with Gasteiger partial charge in [-0.05, 0) is 37.1 Å². The molecule has 0 fully saturated rings. The van der Waals surface area contributed by atoms with Crippen molar-refractivity contribution in [3.05, 3.63) is 111 Å². The zero-order valence-corrected chi connectivity index (χ0v) is 15.8. The molecule has 0 spiro atoms. The maximum absolute atomic E-state index is 13.1. The fraction of sp³-hybridized carbons (Fsp3) is 0.125. The van der Waals surface area contributed by atoms with Gasteiger partial charge in [0.1, 0.15) is 5.65 Å². The van der Waals surface area contributed by atoms with E-state index in [9.17, 15) is 9.59 Å². The average molecular weight is 368 g/mol. The number of fused-ring (bicyclic) bond motifs is 1. The zero-order chi connectivity index (χ0) is 19.7. The lowest BCUT2D eigenvalue weighted by Gasteiger charge is -2.14. The molecule has 4 rings (SSSR count). The highest BCUT2D eigenvalue weighted by atomic mass is 16.1. The third-order valence-corrected chi connectivity index (χ3v) is 4.94. The van der Waals surface area contributed by atoms with Gasteiger partial charge in [-0.2, -0.15) is 0 Å². The third kappa shape index (κ3) is 3.25. The van der Waals surface area contributed by atoms with E-state index in [1.165, 1.54) is 0 Å². The van der Waals surface area contributed by atoms with E-state index < -0.39 is 0 Å². The highest BCUT2D eigenvalue weighted by Gasteiger charge is 2.18. The van der Waals surface area contributed by atoms with Crippen molar-refractivity contribution in [3.8, 4) is 0 Å². The van der Waals surface area contributed by atoms with E-state index in [-0.39, 0.29) is 16.8 Å². The first-order chi connectivity index (χ1) is 13.5. The SMILES string of the molecule is Cc1ccc2c(=O)c(C(=O)c3ccccc3)cn(Cc3ccccc3C)c2n1. The van der Waals surface area contributed by atoms with Crippen LogP contribution in [0.5, 0.6) is 0 Å². The summed E-state index contributed by atoms with van der Waals surface area (Å²) in [7, 11) is 0. The van der Waals surface area contributed by atoms with Crippen LogP contribution in [-0.4, -0.2) is 15.3 Å². The number of rotatable bonds is 4. The summed E-state index contributed by atoms with van der Waals surface area (Å²) < 4.78 is 1.90. The number of aromatic nitrogens is 2. The van der Waals surface area contributed by atoms with Crippen molar-refractivity contribution < 1.29 is 4.79 Å². The Morgan fingerprint density at radius 3 is 2.39 bits per heavy atom. The lowest BCUT2D eigenvalue weighted by molar-refractivity contribution is 0.103. The van der Waals surface area contributed by atoms with Crippen LogP contribution in [0.15, 0.2) is 77.7 Å². The molecule has 0 aliphatic heterocycles. The highest BCUT2D eigenvalue weighted by molar-refractivity contribution is 6.09. The Hall–Kier alpha value is -3.53. The number of hydrogen-bond donors (Lipinski definition) is 0. The molecule has 0 saturated heterocycles. The topological polar surface area (TPSA) is 52.0 Å². The minimum atomic E-state index is -0.280. The molecule has 28 heavy (non-hydrogen) atoms. The highest BCUT2D eigenvalue weighted by Crippen LogP contribution is 2.17. The van der Waals surface area contributed by atoms with Crippen molar-refractivity contribution >= 4 is 16.8 Å². The minimum Gasteiger partial charge on any atom is -0.327 e. The van der Waals surface area contributed by atoms with Gasteiger partial charge in [0.05, 0.1) is 10.9 Å². The summed E-state index contributed by atoms with van der Waals surface area (Å²) in [5.41, 5.74) is 4.08. The van der Waals surface area contributed by atoms with Crippen LogP contribution in [0, 0.1) is 13.8 Å². The monoisotopic (exact) mass is 368 g/mol. The summed E-state index contributed by atoms with van der Waals surface area (Å²) in [5.74, 6) is -0.272.